The maximum absolute atomic E-state index is 8.89. The molecule has 1 aliphatic carbocycles. The number of aryl methyl sites for hydroxylation is 1. The number of hydrogen-bond acceptors (Lipinski definition) is 2. The van der Waals surface area contributed by atoms with Crippen LogP contribution in [0.5, 0.6) is 0 Å². The van der Waals surface area contributed by atoms with Crippen molar-refractivity contribution in [3.05, 3.63) is 29.8 Å². The van der Waals surface area contributed by atoms with Crippen molar-refractivity contribution in [1.82, 2.24) is 0 Å². The normalized spacial score (nSPS) is 17.1. The molecule has 2 heteroatoms. The molecule has 0 bridgehead atoms. The minimum atomic E-state index is -0.0646. The van der Waals surface area contributed by atoms with Crippen molar-refractivity contribution in [3.63, 3.8) is 0 Å². The molecule has 1 fully saturated rings. The summed E-state index contributed by atoms with van der Waals surface area (Å²) in [4.78, 5) is 0. The van der Waals surface area contributed by atoms with Crippen LogP contribution in [0.3, 0.4) is 0 Å². The van der Waals surface area contributed by atoms with Gasteiger partial charge in [0.2, 0.25) is 0 Å². The Hall–Kier alpha value is -1.49. The van der Waals surface area contributed by atoms with E-state index in [1.54, 1.807) is 0 Å². The van der Waals surface area contributed by atoms with E-state index in [9.17, 15) is 0 Å². The van der Waals surface area contributed by atoms with Gasteiger partial charge < -0.3 is 5.32 Å². The Kier molecular flexibility index (Phi) is 2.17. The highest BCUT2D eigenvalue weighted by molar-refractivity contribution is 5.45. The Morgan fingerprint density at radius 1 is 1.36 bits per heavy atom. The molecule has 14 heavy (non-hydrogen) atoms. The van der Waals surface area contributed by atoms with Crippen LogP contribution >= 0.6 is 0 Å². The van der Waals surface area contributed by atoms with Gasteiger partial charge in [0.1, 0.15) is 0 Å². The second-order valence-electron chi connectivity index (χ2n) is 4.11. The number of nitriles is 1. The summed E-state index contributed by atoms with van der Waals surface area (Å²) in [6.07, 6.45) is 2.09. The maximum Gasteiger partial charge on any atom is 0.0747 e. The molecule has 1 aromatic carbocycles. The standard InChI is InChI=1S/C12H14N2/c1-10-2-4-11(5-3-10)14-9-12(8-13)6-7-12/h2-5,14H,6-7,9H2,1H3. The third-order valence-corrected chi connectivity index (χ3v) is 2.77. The molecule has 1 aliphatic rings. The van der Waals surface area contributed by atoms with Crippen molar-refractivity contribution >= 4 is 5.69 Å². The lowest BCUT2D eigenvalue weighted by Crippen LogP contribution is -2.13. The summed E-state index contributed by atoms with van der Waals surface area (Å²) >= 11 is 0. The van der Waals surface area contributed by atoms with E-state index >= 15 is 0 Å². The highest BCUT2D eigenvalue weighted by Gasteiger charge is 2.42. The van der Waals surface area contributed by atoms with Crippen LogP contribution in [0.1, 0.15) is 18.4 Å². The summed E-state index contributed by atoms with van der Waals surface area (Å²) in [6, 6.07) is 10.6. The summed E-state index contributed by atoms with van der Waals surface area (Å²) < 4.78 is 0. The predicted octanol–water partition coefficient (Wildman–Crippen LogP) is 2.71. The van der Waals surface area contributed by atoms with Gasteiger partial charge in [-0.05, 0) is 31.9 Å². The van der Waals surface area contributed by atoms with Gasteiger partial charge in [-0.25, -0.2) is 0 Å². The Morgan fingerprint density at radius 3 is 2.50 bits per heavy atom. The molecule has 0 aliphatic heterocycles. The number of nitrogens with one attached hydrogen (secondary N) is 1. The van der Waals surface area contributed by atoms with Gasteiger partial charge in [-0.15, -0.1) is 0 Å². The van der Waals surface area contributed by atoms with Crippen LogP contribution in [0.25, 0.3) is 0 Å². The molecule has 0 spiro atoms. The second-order valence-corrected chi connectivity index (χ2v) is 4.11. The minimum Gasteiger partial charge on any atom is -0.383 e. The lowest BCUT2D eigenvalue weighted by molar-refractivity contribution is 0.711. The van der Waals surface area contributed by atoms with Crippen molar-refractivity contribution in [2.45, 2.75) is 19.8 Å². The third kappa shape index (κ3) is 1.88. The molecule has 0 aromatic heterocycles. The van der Waals surface area contributed by atoms with Crippen molar-refractivity contribution in [3.8, 4) is 6.07 Å². The molecule has 0 radical (unpaired) electrons. The molecule has 1 N–H and O–H groups in total. The predicted molar refractivity (Wildman–Crippen MR) is 56.9 cm³/mol. The first-order valence-electron chi connectivity index (χ1n) is 4.96. The topological polar surface area (TPSA) is 35.8 Å². The SMILES string of the molecule is Cc1ccc(NCC2(C#N)CC2)cc1. The van der Waals surface area contributed by atoms with E-state index in [1.165, 1.54) is 5.56 Å². The molecule has 72 valence electrons. The van der Waals surface area contributed by atoms with Crippen LogP contribution in [-0.4, -0.2) is 6.54 Å². The first-order valence-corrected chi connectivity index (χ1v) is 4.96. The fourth-order valence-electron chi connectivity index (χ4n) is 1.42. The van der Waals surface area contributed by atoms with E-state index in [2.05, 4.69) is 42.6 Å². The summed E-state index contributed by atoms with van der Waals surface area (Å²) in [5.41, 5.74) is 2.30. The molecule has 1 saturated carbocycles. The maximum atomic E-state index is 8.89. The lowest BCUT2D eigenvalue weighted by Gasteiger charge is -2.09. The number of anilines is 1. The highest BCUT2D eigenvalue weighted by atomic mass is 14.9. The van der Waals surface area contributed by atoms with E-state index in [0.717, 1.165) is 25.1 Å². The van der Waals surface area contributed by atoms with Gasteiger partial charge in [0, 0.05) is 12.2 Å². The summed E-state index contributed by atoms with van der Waals surface area (Å²) in [6.45, 7) is 2.86. The fraction of sp³-hybridized carbons (Fsp3) is 0.417. The van der Waals surface area contributed by atoms with Crippen molar-refractivity contribution in [2.75, 3.05) is 11.9 Å². The van der Waals surface area contributed by atoms with Crippen LogP contribution in [0.15, 0.2) is 24.3 Å². The van der Waals surface area contributed by atoms with Gasteiger partial charge in [0.25, 0.3) is 0 Å². The monoisotopic (exact) mass is 186 g/mol. The number of rotatable bonds is 3. The minimum absolute atomic E-state index is 0.0646. The molecular formula is C12H14N2. The van der Waals surface area contributed by atoms with E-state index in [4.69, 9.17) is 5.26 Å². The van der Waals surface area contributed by atoms with Gasteiger partial charge in [-0.1, -0.05) is 17.7 Å². The van der Waals surface area contributed by atoms with Crippen LogP contribution < -0.4 is 5.32 Å². The second kappa shape index (κ2) is 3.34. The largest absolute Gasteiger partial charge is 0.383 e. The molecule has 1 aromatic rings. The van der Waals surface area contributed by atoms with Gasteiger partial charge in [-0.3, -0.25) is 0 Å². The van der Waals surface area contributed by atoms with Crippen molar-refractivity contribution in [2.24, 2.45) is 5.41 Å². The average molecular weight is 186 g/mol. The van der Waals surface area contributed by atoms with Gasteiger partial charge in [-0.2, -0.15) is 5.26 Å². The molecular weight excluding hydrogens is 172 g/mol. The first-order chi connectivity index (χ1) is 6.74. The molecule has 0 amide bonds. The Labute approximate surface area is 84.6 Å². The van der Waals surface area contributed by atoms with Gasteiger partial charge in [0.05, 0.1) is 11.5 Å². The van der Waals surface area contributed by atoms with Crippen molar-refractivity contribution < 1.29 is 0 Å². The average Bonchev–Trinajstić information content (AvgIpc) is 2.98. The van der Waals surface area contributed by atoms with E-state index in [0.29, 0.717) is 0 Å². The Bertz CT molecular complexity index is 355. The van der Waals surface area contributed by atoms with Crippen LogP contribution in [-0.2, 0) is 0 Å². The zero-order chi connectivity index (χ0) is 10.0. The smallest absolute Gasteiger partial charge is 0.0747 e. The molecule has 0 atom stereocenters. The summed E-state index contributed by atoms with van der Waals surface area (Å²) in [7, 11) is 0. The zero-order valence-electron chi connectivity index (χ0n) is 8.38. The number of hydrogen-bond donors (Lipinski definition) is 1. The molecule has 0 unspecified atom stereocenters. The molecule has 0 saturated heterocycles. The first kappa shape index (κ1) is 9.08. The lowest BCUT2D eigenvalue weighted by atomic mass is 10.1. The van der Waals surface area contributed by atoms with Gasteiger partial charge >= 0.3 is 0 Å². The highest BCUT2D eigenvalue weighted by Crippen LogP contribution is 2.44. The third-order valence-electron chi connectivity index (χ3n) is 2.77. The number of nitrogens with zero attached hydrogens (tertiary/aromatic N) is 1. The van der Waals surface area contributed by atoms with Crippen LogP contribution in [0.4, 0.5) is 5.69 Å². The number of benzene rings is 1. The molecule has 0 heterocycles. The van der Waals surface area contributed by atoms with E-state index < -0.39 is 0 Å². The zero-order valence-corrected chi connectivity index (χ0v) is 8.38. The summed E-state index contributed by atoms with van der Waals surface area (Å²) in [5, 5.41) is 12.2. The Balaban J connectivity index is 1.93. The van der Waals surface area contributed by atoms with Crippen LogP contribution in [0, 0.1) is 23.7 Å². The van der Waals surface area contributed by atoms with E-state index in [1.807, 2.05) is 0 Å². The molecule has 2 rings (SSSR count). The Morgan fingerprint density at radius 2 is 2.00 bits per heavy atom. The van der Waals surface area contributed by atoms with Gasteiger partial charge in [0.15, 0.2) is 0 Å². The summed E-state index contributed by atoms with van der Waals surface area (Å²) in [5.74, 6) is 0. The van der Waals surface area contributed by atoms with Crippen molar-refractivity contribution in [1.29, 1.82) is 5.26 Å². The fourth-order valence-corrected chi connectivity index (χ4v) is 1.42. The molecule has 2 nitrogen and oxygen atoms in total. The van der Waals surface area contributed by atoms with Crippen LogP contribution in [0.2, 0.25) is 0 Å². The van der Waals surface area contributed by atoms with E-state index in [-0.39, 0.29) is 5.41 Å². The quantitative estimate of drug-likeness (QED) is 0.787.